The first-order valence-electron chi connectivity index (χ1n) is 7.78. The van der Waals surface area contributed by atoms with Gasteiger partial charge in [-0.3, -0.25) is 0 Å². The molecule has 0 aromatic rings. The second-order valence-electron chi connectivity index (χ2n) is 6.55. The van der Waals surface area contributed by atoms with Crippen molar-refractivity contribution in [1.29, 1.82) is 0 Å². The molecule has 0 aliphatic heterocycles. The normalized spacial score (nSPS) is 16.8. The Morgan fingerprint density at radius 2 is 0.529 bits per heavy atom. The summed E-state index contributed by atoms with van der Waals surface area (Å²) < 4.78 is 273. The van der Waals surface area contributed by atoms with E-state index in [1.807, 2.05) is 0 Å². The van der Waals surface area contributed by atoms with Crippen LogP contribution in [0, 0.1) is 0 Å². The van der Waals surface area contributed by atoms with Crippen molar-refractivity contribution in [3.63, 3.8) is 0 Å². The van der Waals surface area contributed by atoms with Crippen molar-refractivity contribution in [2.45, 2.75) is 71.0 Å². The molecule has 0 nitrogen and oxygen atoms in total. The summed E-state index contributed by atoms with van der Waals surface area (Å²) in [5.74, 6) is -76.2. The van der Waals surface area contributed by atoms with E-state index in [0.717, 1.165) is 0 Å². The molecule has 0 aliphatic rings. The number of alkyl halides is 21. The first-order chi connectivity index (χ1) is 14.3. The molecule has 0 heterocycles. The minimum absolute atomic E-state index is 0.479. The molecule has 0 radical (unpaired) electrons. The van der Waals surface area contributed by atoms with Crippen molar-refractivity contribution in [1.82, 2.24) is 0 Å². The van der Waals surface area contributed by atoms with Gasteiger partial charge in [-0.25, -0.2) is 0 Å². The molecular weight excluding hydrogens is 550 g/mol. The van der Waals surface area contributed by atoms with Gasteiger partial charge in [0, 0.05) is 0 Å². The van der Waals surface area contributed by atoms with Crippen LogP contribution in [0.5, 0.6) is 0 Å². The van der Waals surface area contributed by atoms with Crippen molar-refractivity contribution in [2.24, 2.45) is 0 Å². The van der Waals surface area contributed by atoms with Gasteiger partial charge in [-0.1, -0.05) is 0 Å². The topological polar surface area (TPSA) is 0 Å². The molecule has 0 aromatic heterocycles. The molecular formula is C12H4F21Li. The molecule has 0 spiro atoms. The van der Waals surface area contributed by atoms with E-state index in [4.69, 9.17) is 0 Å². The van der Waals surface area contributed by atoms with Crippen molar-refractivity contribution in [3.8, 4) is 0 Å². The molecule has 0 N–H and O–H groups in total. The Kier molecular flexibility index (Phi) is 8.12. The van der Waals surface area contributed by atoms with Gasteiger partial charge in [0.05, 0.1) is 0 Å². The molecule has 0 fully saturated rings. The second kappa shape index (κ2) is 8.33. The minimum atomic E-state index is -9.12. The number of hydrogen-bond acceptors (Lipinski definition) is 0. The summed E-state index contributed by atoms with van der Waals surface area (Å²) in [5.41, 5.74) is 0. The summed E-state index contributed by atoms with van der Waals surface area (Å²) in [7, 11) is 0. The van der Waals surface area contributed by atoms with E-state index >= 15 is 0 Å². The fourth-order valence-corrected chi connectivity index (χ4v) is 2.06. The van der Waals surface area contributed by atoms with Crippen LogP contribution in [-0.4, -0.2) is 77.2 Å². The predicted octanol–water partition coefficient (Wildman–Crippen LogP) is 7.24. The molecule has 0 bridgehead atoms. The molecule has 0 aliphatic carbocycles. The smallest absolute Gasteiger partial charge is 0.165 e. The van der Waals surface area contributed by atoms with Crippen LogP contribution in [0.25, 0.3) is 0 Å². The van der Waals surface area contributed by atoms with Crippen LogP contribution in [0.2, 0.25) is 5.09 Å². The third-order valence-electron chi connectivity index (χ3n) is 4.14. The quantitative estimate of drug-likeness (QED) is 0.197. The molecule has 0 unspecified atom stereocenters. The monoisotopic (exact) mass is 554 g/mol. The van der Waals surface area contributed by atoms with E-state index in [1.54, 1.807) is 0 Å². The maximum absolute atomic E-state index is 13.4. The Labute approximate surface area is 182 Å². The number of rotatable bonds is 10. The van der Waals surface area contributed by atoms with Gasteiger partial charge in [0.2, 0.25) is 0 Å². The number of halogens is 21. The Balaban J connectivity index is 7.01. The average Bonchev–Trinajstić information content (AvgIpc) is 2.59. The standard InChI is InChI=1S/C12H4F21.Li/c1-2-3(13,14)4(15,16)5(17,18)6(19,20)7(21,22)8(23,24)9(25,26)10(27,28)11(29,30)12(31,32)33;/h1-2H2;. The Morgan fingerprint density at radius 1 is 0.324 bits per heavy atom. The van der Waals surface area contributed by atoms with Crippen molar-refractivity contribution < 1.29 is 92.2 Å². The van der Waals surface area contributed by atoms with E-state index in [2.05, 4.69) is 0 Å². The van der Waals surface area contributed by atoms with Crippen LogP contribution in [0.4, 0.5) is 92.2 Å². The van der Waals surface area contributed by atoms with Gasteiger partial charge >= 0.3 is 168 Å². The Bertz CT molecular complexity index is 731. The molecule has 22 heteroatoms. The zero-order valence-electron chi connectivity index (χ0n) is 15.4. The molecule has 200 valence electrons. The van der Waals surface area contributed by atoms with E-state index < -0.39 is 71.0 Å². The van der Waals surface area contributed by atoms with Crippen molar-refractivity contribution in [2.75, 3.05) is 0 Å². The van der Waals surface area contributed by atoms with Crippen LogP contribution < -0.4 is 0 Å². The fourth-order valence-electron chi connectivity index (χ4n) is 2.06. The van der Waals surface area contributed by atoms with Crippen molar-refractivity contribution in [3.05, 3.63) is 0 Å². The van der Waals surface area contributed by atoms with E-state index in [1.165, 1.54) is 0 Å². The maximum atomic E-state index is 13.4. The first-order valence-corrected chi connectivity index (χ1v) is 7.78. The SMILES string of the molecule is [Li][CH2]CC(F)(F)C(F)(F)C(F)(F)C(F)(F)C(F)(F)C(F)(F)C(F)(F)C(F)(F)C(F)(F)C(F)(F)F. The zero-order valence-corrected chi connectivity index (χ0v) is 15.4. The summed E-state index contributed by atoms with van der Waals surface area (Å²) in [6.45, 7) is 0. The summed E-state index contributed by atoms with van der Waals surface area (Å²) in [6, 6.07) is 0. The van der Waals surface area contributed by atoms with Crippen LogP contribution in [0.3, 0.4) is 0 Å². The average molecular weight is 554 g/mol. The molecule has 0 aromatic carbocycles. The van der Waals surface area contributed by atoms with Gasteiger partial charge in [-0.05, 0) is 0 Å². The fraction of sp³-hybridized carbons (Fsp3) is 1.00. The summed E-state index contributed by atoms with van der Waals surface area (Å²) in [5, 5.41) is -1.31. The summed E-state index contributed by atoms with van der Waals surface area (Å²) >= 11 is 0.479. The van der Waals surface area contributed by atoms with Gasteiger partial charge in [0.15, 0.2) is 0 Å². The van der Waals surface area contributed by atoms with Crippen LogP contribution >= 0.6 is 0 Å². The van der Waals surface area contributed by atoms with Crippen LogP contribution in [0.1, 0.15) is 6.42 Å². The van der Waals surface area contributed by atoms with E-state index in [0.29, 0.717) is 17.7 Å². The number of hydrogen-bond donors (Lipinski definition) is 0. The first kappa shape index (κ1) is 33.1. The molecule has 0 amide bonds. The van der Waals surface area contributed by atoms with E-state index in [9.17, 15) is 92.2 Å². The minimum Gasteiger partial charge on any atom is -0.165 e. The van der Waals surface area contributed by atoms with Gasteiger partial charge in [0.25, 0.3) is 0 Å². The van der Waals surface area contributed by atoms with E-state index in [-0.39, 0.29) is 0 Å². The van der Waals surface area contributed by atoms with Gasteiger partial charge in [-0.15, -0.1) is 0 Å². The van der Waals surface area contributed by atoms with Gasteiger partial charge in [0.1, 0.15) is 0 Å². The predicted molar refractivity (Wildman–Crippen MR) is 65.8 cm³/mol. The van der Waals surface area contributed by atoms with Crippen LogP contribution in [0.15, 0.2) is 0 Å². The third kappa shape index (κ3) is 3.99. The molecule has 0 saturated heterocycles. The second-order valence-corrected chi connectivity index (χ2v) is 6.55. The molecule has 34 heavy (non-hydrogen) atoms. The molecule has 0 rings (SSSR count). The zero-order chi connectivity index (χ0) is 28.4. The third-order valence-corrected chi connectivity index (χ3v) is 4.14. The van der Waals surface area contributed by atoms with Gasteiger partial charge < -0.3 is 0 Å². The Morgan fingerprint density at radius 3 is 0.735 bits per heavy atom. The summed E-state index contributed by atoms with van der Waals surface area (Å²) in [4.78, 5) is 0. The van der Waals surface area contributed by atoms with Crippen LogP contribution in [-0.2, 0) is 0 Å². The summed E-state index contributed by atoms with van der Waals surface area (Å²) in [6.07, 6.45) is -10.5. The van der Waals surface area contributed by atoms with Gasteiger partial charge in [-0.2, -0.15) is 13.2 Å². The molecule has 0 saturated carbocycles. The Hall–Kier alpha value is -0.873. The van der Waals surface area contributed by atoms with Crippen molar-refractivity contribution >= 4 is 17.7 Å². The molecule has 0 atom stereocenters.